The van der Waals surface area contributed by atoms with E-state index in [2.05, 4.69) is 17.2 Å². The van der Waals surface area contributed by atoms with Crippen LogP contribution in [-0.4, -0.2) is 61.9 Å². The summed E-state index contributed by atoms with van der Waals surface area (Å²) >= 11 is 1.63. The van der Waals surface area contributed by atoms with Gasteiger partial charge < -0.3 is 29.0 Å². The Hall–Kier alpha value is -2.49. The standard InChI is InChI=1S/C24H33N3O5S/c1-5-6-9-26(17-7-10-32-11-8-17)22-23(31-4)25-27-18(15-33-24(22)27)21-19(29-2)12-16(14-28)13-20(21)30-3/h12-13,15,17,28H,5-11,14H2,1-4H3. The maximum Gasteiger partial charge on any atom is 0.258 e. The number of aromatic nitrogens is 2. The fourth-order valence-electron chi connectivity index (χ4n) is 4.47. The van der Waals surface area contributed by atoms with E-state index in [1.54, 1.807) is 32.7 Å². The topological polar surface area (TPSA) is 77.7 Å². The molecule has 0 atom stereocenters. The average Bonchev–Trinajstić information content (AvgIpc) is 3.43. The van der Waals surface area contributed by atoms with Crippen LogP contribution in [0.25, 0.3) is 16.1 Å². The zero-order valence-electron chi connectivity index (χ0n) is 19.8. The van der Waals surface area contributed by atoms with Gasteiger partial charge in [0.2, 0.25) is 0 Å². The Balaban J connectivity index is 1.87. The van der Waals surface area contributed by atoms with E-state index in [-0.39, 0.29) is 6.61 Å². The molecule has 1 aliphatic rings. The molecule has 1 fully saturated rings. The van der Waals surface area contributed by atoms with Crippen molar-refractivity contribution in [3.05, 3.63) is 23.1 Å². The Morgan fingerprint density at radius 1 is 1.15 bits per heavy atom. The van der Waals surface area contributed by atoms with E-state index in [1.165, 1.54) is 0 Å². The summed E-state index contributed by atoms with van der Waals surface area (Å²) in [4.78, 5) is 3.50. The molecule has 4 rings (SSSR count). The molecule has 0 bridgehead atoms. The third-order valence-corrected chi connectivity index (χ3v) is 7.10. The summed E-state index contributed by atoms with van der Waals surface area (Å²) in [5.41, 5.74) is 3.42. The number of unbranched alkanes of at least 4 members (excludes halogenated alkanes) is 1. The van der Waals surface area contributed by atoms with Crippen LogP contribution in [-0.2, 0) is 11.3 Å². The maximum atomic E-state index is 9.64. The summed E-state index contributed by atoms with van der Waals surface area (Å²) < 4.78 is 24.7. The number of anilines is 1. The molecule has 1 aromatic carbocycles. The Morgan fingerprint density at radius 2 is 1.85 bits per heavy atom. The van der Waals surface area contributed by atoms with Gasteiger partial charge in [-0.1, -0.05) is 13.3 Å². The number of benzene rings is 1. The number of aliphatic hydroxyl groups excluding tert-OH is 1. The molecule has 0 aliphatic carbocycles. The van der Waals surface area contributed by atoms with Crippen molar-refractivity contribution >= 4 is 21.9 Å². The molecule has 0 radical (unpaired) electrons. The second kappa shape index (κ2) is 10.6. The van der Waals surface area contributed by atoms with Crippen molar-refractivity contribution in [1.29, 1.82) is 0 Å². The summed E-state index contributed by atoms with van der Waals surface area (Å²) in [7, 11) is 4.92. The van der Waals surface area contributed by atoms with Gasteiger partial charge in [-0.15, -0.1) is 16.4 Å². The summed E-state index contributed by atoms with van der Waals surface area (Å²) in [6.45, 7) is 4.63. The number of nitrogens with zero attached hydrogens (tertiary/aromatic N) is 3. The third kappa shape index (κ3) is 4.49. The third-order valence-electron chi connectivity index (χ3n) is 6.17. The van der Waals surface area contributed by atoms with Gasteiger partial charge >= 0.3 is 0 Å². The van der Waals surface area contributed by atoms with Crippen molar-refractivity contribution in [2.45, 2.75) is 45.3 Å². The average molecular weight is 476 g/mol. The molecular formula is C24H33N3O5S. The minimum atomic E-state index is -0.0940. The van der Waals surface area contributed by atoms with Gasteiger partial charge in [0.15, 0.2) is 0 Å². The highest BCUT2D eigenvalue weighted by atomic mass is 32.1. The molecule has 8 nitrogen and oxygen atoms in total. The monoisotopic (exact) mass is 475 g/mol. The second-order valence-electron chi connectivity index (χ2n) is 8.12. The molecule has 1 N–H and O–H groups in total. The highest BCUT2D eigenvalue weighted by Crippen LogP contribution is 2.45. The van der Waals surface area contributed by atoms with Crippen LogP contribution in [0.5, 0.6) is 17.4 Å². The van der Waals surface area contributed by atoms with E-state index in [0.717, 1.165) is 72.8 Å². The smallest absolute Gasteiger partial charge is 0.258 e. The van der Waals surface area contributed by atoms with E-state index < -0.39 is 0 Å². The number of ether oxygens (including phenoxy) is 4. The van der Waals surface area contributed by atoms with Crippen LogP contribution in [0.1, 0.15) is 38.2 Å². The minimum absolute atomic E-state index is 0.0940. The molecule has 1 aliphatic heterocycles. The SMILES string of the molecule is CCCCN(c1c(OC)nn2c(-c3c(OC)cc(CO)cc3OC)csc12)C1CCOCC1. The number of hydrogen-bond acceptors (Lipinski definition) is 8. The number of thiazole rings is 1. The van der Waals surface area contributed by atoms with Gasteiger partial charge in [0, 0.05) is 31.2 Å². The molecular weight excluding hydrogens is 442 g/mol. The fraction of sp³-hybridized carbons (Fsp3) is 0.542. The van der Waals surface area contributed by atoms with E-state index in [4.69, 9.17) is 24.0 Å². The minimum Gasteiger partial charge on any atom is -0.496 e. The van der Waals surface area contributed by atoms with Gasteiger partial charge in [-0.05, 0) is 37.0 Å². The molecule has 3 heterocycles. The number of hydrogen-bond donors (Lipinski definition) is 1. The van der Waals surface area contributed by atoms with Crippen LogP contribution in [0.2, 0.25) is 0 Å². The van der Waals surface area contributed by atoms with Crippen molar-refractivity contribution in [3.8, 4) is 28.6 Å². The normalized spacial score (nSPS) is 14.6. The fourth-order valence-corrected chi connectivity index (χ4v) is 5.46. The Bertz CT molecular complexity index is 1050. The van der Waals surface area contributed by atoms with Crippen molar-refractivity contribution in [2.75, 3.05) is 46.0 Å². The number of rotatable bonds is 10. The van der Waals surface area contributed by atoms with E-state index in [0.29, 0.717) is 23.4 Å². The lowest BCUT2D eigenvalue weighted by Crippen LogP contribution is -2.40. The predicted octanol–water partition coefficient (Wildman–Crippen LogP) is 4.37. The van der Waals surface area contributed by atoms with Crippen molar-refractivity contribution in [3.63, 3.8) is 0 Å². The highest BCUT2D eigenvalue weighted by molar-refractivity contribution is 7.16. The van der Waals surface area contributed by atoms with Crippen LogP contribution >= 0.6 is 11.3 Å². The molecule has 3 aromatic rings. The van der Waals surface area contributed by atoms with Crippen molar-refractivity contribution in [2.24, 2.45) is 0 Å². The van der Waals surface area contributed by atoms with Crippen molar-refractivity contribution in [1.82, 2.24) is 9.61 Å². The maximum absolute atomic E-state index is 9.64. The van der Waals surface area contributed by atoms with Gasteiger partial charge in [-0.25, -0.2) is 4.52 Å². The van der Waals surface area contributed by atoms with Gasteiger partial charge in [0.1, 0.15) is 22.0 Å². The highest BCUT2D eigenvalue weighted by Gasteiger charge is 2.30. The molecule has 0 saturated carbocycles. The second-order valence-corrected chi connectivity index (χ2v) is 8.98. The molecule has 0 unspecified atom stereocenters. The Kier molecular flexibility index (Phi) is 7.62. The molecule has 1 saturated heterocycles. The lowest BCUT2D eigenvalue weighted by molar-refractivity contribution is 0.0843. The molecule has 180 valence electrons. The first-order chi connectivity index (χ1) is 16.2. The van der Waals surface area contributed by atoms with Gasteiger partial charge in [0.25, 0.3) is 5.88 Å². The van der Waals surface area contributed by atoms with Crippen LogP contribution in [0, 0.1) is 0 Å². The quantitative estimate of drug-likeness (QED) is 0.467. The van der Waals surface area contributed by atoms with E-state index >= 15 is 0 Å². The first-order valence-electron chi connectivity index (χ1n) is 11.4. The largest absolute Gasteiger partial charge is 0.496 e. The Morgan fingerprint density at radius 3 is 2.42 bits per heavy atom. The summed E-state index contributed by atoms with van der Waals surface area (Å²) in [5.74, 6) is 1.87. The number of aliphatic hydroxyl groups is 1. The van der Waals surface area contributed by atoms with Crippen LogP contribution in [0.4, 0.5) is 5.69 Å². The first-order valence-corrected chi connectivity index (χ1v) is 12.3. The number of fused-ring (bicyclic) bond motifs is 1. The molecule has 0 spiro atoms. The lowest BCUT2D eigenvalue weighted by Gasteiger charge is -2.35. The summed E-state index contributed by atoms with van der Waals surface area (Å²) in [6.07, 6.45) is 4.20. The van der Waals surface area contributed by atoms with E-state index in [1.807, 2.05) is 16.6 Å². The molecule has 33 heavy (non-hydrogen) atoms. The lowest BCUT2D eigenvalue weighted by atomic mass is 10.1. The molecule has 9 heteroatoms. The van der Waals surface area contributed by atoms with E-state index in [9.17, 15) is 5.11 Å². The summed E-state index contributed by atoms with van der Waals surface area (Å²) in [6, 6.07) is 4.06. The Labute approximate surface area is 198 Å². The van der Waals surface area contributed by atoms with Crippen LogP contribution in [0.15, 0.2) is 17.5 Å². The predicted molar refractivity (Wildman–Crippen MR) is 130 cm³/mol. The van der Waals surface area contributed by atoms with Gasteiger partial charge in [-0.2, -0.15) is 0 Å². The number of methoxy groups -OCH3 is 3. The van der Waals surface area contributed by atoms with Crippen molar-refractivity contribution < 1.29 is 24.1 Å². The van der Waals surface area contributed by atoms with Gasteiger partial charge in [0.05, 0.1) is 39.2 Å². The van der Waals surface area contributed by atoms with Crippen LogP contribution < -0.4 is 19.1 Å². The van der Waals surface area contributed by atoms with Gasteiger partial charge in [-0.3, -0.25) is 0 Å². The zero-order valence-corrected chi connectivity index (χ0v) is 20.6. The molecule has 0 amide bonds. The van der Waals surface area contributed by atoms with Crippen LogP contribution in [0.3, 0.4) is 0 Å². The first kappa shape index (κ1) is 23.7. The zero-order chi connectivity index (χ0) is 23.4. The molecule has 2 aromatic heterocycles. The summed E-state index contributed by atoms with van der Waals surface area (Å²) in [5, 5.41) is 16.6.